The third kappa shape index (κ3) is 4.76. The van der Waals surface area contributed by atoms with E-state index >= 15 is 0 Å². The Morgan fingerprint density at radius 2 is 0.854 bits per heavy atom. The van der Waals surface area contributed by atoms with Gasteiger partial charge < -0.3 is 10.6 Å². The molecule has 2 atom stereocenters. The number of hydrogen-bond donors (Lipinski definition) is 2. The van der Waals surface area contributed by atoms with E-state index in [0.717, 1.165) is 0 Å². The largest absolute Gasteiger partial charge is 0.325 e. The summed E-state index contributed by atoms with van der Waals surface area (Å²) < 4.78 is 0. The molecule has 4 aromatic rings. The summed E-state index contributed by atoms with van der Waals surface area (Å²) in [5.41, 5.74) is 1.62. The Morgan fingerprint density at radius 3 is 1.24 bits per heavy atom. The molecule has 0 aromatic heterocycles. The average molecular weight is 561 g/mol. The zero-order chi connectivity index (χ0) is 28.7. The van der Waals surface area contributed by atoms with Gasteiger partial charge in [0.2, 0.25) is 11.8 Å². The number of amides is 2. The molecule has 2 aliphatic rings. The van der Waals surface area contributed by atoms with Crippen LogP contribution in [0, 0.1) is 11.8 Å². The quantitative estimate of drug-likeness (QED) is 0.314. The number of carbonyl (C=O) groups excluding carboxylic acids is 6. The van der Waals surface area contributed by atoms with E-state index in [2.05, 4.69) is 10.6 Å². The highest BCUT2D eigenvalue weighted by molar-refractivity contribution is 7.99. The molecule has 2 aliphatic carbocycles. The summed E-state index contributed by atoms with van der Waals surface area (Å²) in [5, 5.41) is 5.23. The summed E-state index contributed by atoms with van der Waals surface area (Å²) in [6.45, 7) is 0. The minimum Gasteiger partial charge on any atom is -0.325 e. The van der Waals surface area contributed by atoms with Crippen LogP contribution in [0.1, 0.15) is 41.4 Å². The summed E-state index contributed by atoms with van der Waals surface area (Å²) in [4.78, 5) is 78.8. The maximum Gasteiger partial charge on any atom is 0.243 e. The molecule has 41 heavy (non-hydrogen) atoms. The van der Waals surface area contributed by atoms with Crippen LogP contribution in [0.4, 0.5) is 11.4 Å². The zero-order valence-electron chi connectivity index (χ0n) is 21.3. The predicted octanol–water partition coefficient (Wildman–Crippen LogP) is 5.11. The molecule has 0 heterocycles. The molecule has 2 amide bonds. The number of rotatable bonds is 6. The molecule has 0 aliphatic heterocycles. The molecule has 6 rings (SSSR count). The number of hydrogen-bond acceptors (Lipinski definition) is 7. The van der Waals surface area contributed by atoms with Crippen LogP contribution in [-0.2, 0) is 9.59 Å². The molecule has 9 heteroatoms. The van der Waals surface area contributed by atoms with Gasteiger partial charge in [-0.3, -0.25) is 28.8 Å². The number of para-hydroxylation sites is 2. The molecular weight excluding hydrogens is 540 g/mol. The first-order valence-electron chi connectivity index (χ1n) is 12.7. The van der Waals surface area contributed by atoms with Crippen molar-refractivity contribution in [1.29, 1.82) is 0 Å². The lowest BCUT2D eigenvalue weighted by molar-refractivity contribution is -0.118. The van der Waals surface area contributed by atoms with Crippen molar-refractivity contribution < 1.29 is 28.8 Å². The van der Waals surface area contributed by atoms with Gasteiger partial charge in [-0.15, -0.1) is 0 Å². The van der Waals surface area contributed by atoms with Crippen molar-refractivity contribution in [3.8, 4) is 0 Å². The van der Waals surface area contributed by atoms with Gasteiger partial charge in [-0.05, 0) is 60.7 Å². The smallest absolute Gasteiger partial charge is 0.243 e. The second-order valence-corrected chi connectivity index (χ2v) is 10.7. The molecule has 0 spiro atoms. The summed E-state index contributed by atoms with van der Waals surface area (Å²) in [5.74, 6) is -6.59. The Kier molecular flexibility index (Phi) is 6.64. The first kappa shape index (κ1) is 26.1. The van der Waals surface area contributed by atoms with Gasteiger partial charge in [-0.25, -0.2) is 0 Å². The van der Waals surface area contributed by atoms with Crippen molar-refractivity contribution in [3.05, 3.63) is 119 Å². The topological polar surface area (TPSA) is 126 Å². The Hall–Kier alpha value is -5.15. The Bertz CT molecular complexity index is 1650. The van der Waals surface area contributed by atoms with E-state index in [1.165, 1.54) is 23.9 Å². The van der Waals surface area contributed by atoms with Gasteiger partial charge in [0, 0.05) is 43.4 Å². The van der Waals surface area contributed by atoms with Crippen LogP contribution in [0.5, 0.6) is 0 Å². The molecule has 4 aromatic carbocycles. The molecule has 0 radical (unpaired) electrons. The number of nitrogens with one attached hydrogen (secondary N) is 2. The minimum absolute atomic E-state index is 0.151. The van der Waals surface area contributed by atoms with Gasteiger partial charge in [0.15, 0.2) is 35.0 Å². The van der Waals surface area contributed by atoms with Crippen molar-refractivity contribution in [2.45, 2.75) is 9.79 Å². The molecule has 200 valence electrons. The van der Waals surface area contributed by atoms with E-state index in [-0.39, 0.29) is 22.3 Å². The fraction of sp³-hybridized carbons (Fsp3) is 0.0625. The number of benzene rings is 4. The van der Waals surface area contributed by atoms with Crippen molar-refractivity contribution >= 4 is 58.1 Å². The highest BCUT2D eigenvalue weighted by Gasteiger charge is 2.45. The molecule has 2 unspecified atom stereocenters. The van der Waals surface area contributed by atoms with E-state index < -0.39 is 46.8 Å². The third-order valence-corrected chi connectivity index (χ3v) is 7.91. The molecule has 2 N–H and O–H groups in total. The number of Topliss-reactive ketones (excluding diaryl/α,β-unsaturated/α-hetero) is 4. The maximum atomic E-state index is 13.1. The lowest BCUT2D eigenvalue weighted by Crippen LogP contribution is -2.31. The van der Waals surface area contributed by atoms with Crippen molar-refractivity contribution in [1.82, 2.24) is 0 Å². The number of anilines is 2. The van der Waals surface area contributed by atoms with Crippen LogP contribution in [0.3, 0.4) is 0 Å². The predicted molar refractivity (Wildman–Crippen MR) is 151 cm³/mol. The van der Waals surface area contributed by atoms with Gasteiger partial charge in [0.25, 0.3) is 0 Å². The third-order valence-electron chi connectivity index (χ3n) is 6.94. The Labute approximate surface area is 238 Å². The highest BCUT2D eigenvalue weighted by atomic mass is 32.2. The van der Waals surface area contributed by atoms with Gasteiger partial charge in [0.1, 0.15) is 0 Å². The summed E-state index contributed by atoms with van der Waals surface area (Å²) >= 11 is 1.22. The van der Waals surface area contributed by atoms with Crippen LogP contribution >= 0.6 is 11.8 Å². The summed E-state index contributed by atoms with van der Waals surface area (Å²) in [6.07, 6.45) is 0. The lowest BCUT2D eigenvalue weighted by atomic mass is 10.0. The second kappa shape index (κ2) is 10.4. The van der Waals surface area contributed by atoms with Crippen molar-refractivity contribution in [3.63, 3.8) is 0 Å². The van der Waals surface area contributed by atoms with Crippen molar-refractivity contribution in [2.24, 2.45) is 11.8 Å². The maximum absolute atomic E-state index is 13.1. The van der Waals surface area contributed by atoms with Crippen LogP contribution in [0.2, 0.25) is 0 Å². The Balaban J connectivity index is 1.19. The SMILES string of the molecule is O=C(Nc1ccccc1)C1C(=O)c2ccc(Sc3ccc4c(c3)C(=O)C(C(=O)Nc3ccccc3)C4=O)cc2C1=O. The van der Waals surface area contributed by atoms with Gasteiger partial charge in [0.05, 0.1) is 0 Å². The van der Waals surface area contributed by atoms with E-state index in [1.54, 1.807) is 84.9 Å². The lowest BCUT2D eigenvalue weighted by Gasteiger charge is -2.08. The van der Waals surface area contributed by atoms with E-state index in [1.807, 2.05) is 0 Å². The molecule has 8 nitrogen and oxygen atoms in total. The second-order valence-electron chi connectivity index (χ2n) is 9.55. The van der Waals surface area contributed by atoms with Crippen LogP contribution in [0.25, 0.3) is 0 Å². The van der Waals surface area contributed by atoms with E-state index in [0.29, 0.717) is 21.2 Å². The zero-order valence-corrected chi connectivity index (χ0v) is 22.1. The van der Waals surface area contributed by atoms with Crippen LogP contribution in [0.15, 0.2) is 107 Å². The first-order chi connectivity index (χ1) is 19.8. The fourth-order valence-corrected chi connectivity index (χ4v) is 5.85. The fourth-order valence-electron chi connectivity index (χ4n) is 4.96. The molecular formula is C32H20N2O6S. The molecule has 0 fully saturated rings. The van der Waals surface area contributed by atoms with Crippen LogP contribution in [-0.4, -0.2) is 34.9 Å². The minimum atomic E-state index is -1.46. The van der Waals surface area contributed by atoms with Gasteiger partial charge in [-0.1, -0.05) is 48.2 Å². The standard InChI is InChI=1S/C32H20N2O6S/c35-27-21-13-11-19(15-23(21)29(37)25(27)31(39)33-17-7-3-1-4-8-17)41-20-12-14-22-24(16-20)30(38)26(28(22)36)32(40)34-18-9-5-2-6-10-18/h1-16,25-26H,(H,33,39)(H,34,40). The van der Waals surface area contributed by atoms with Gasteiger partial charge in [-0.2, -0.15) is 0 Å². The first-order valence-corrected chi connectivity index (χ1v) is 13.5. The average Bonchev–Trinajstić information content (AvgIpc) is 3.37. The van der Waals surface area contributed by atoms with Crippen molar-refractivity contribution in [2.75, 3.05) is 10.6 Å². The molecule has 0 bridgehead atoms. The number of ketones is 4. The number of carbonyl (C=O) groups is 6. The summed E-state index contributed by atoms with van der Waals surface area (Å²) in [6, 6.07) is 26.6. The molecule has 0 saturated heterocycles. The molecule has 0 saturated carbocycles. The highest BCUT2D eigenvalue weighted by Crippen LogP contribution is 2.37. The van der Waals surface area contributed by atoms with E-state index in [9.17, 15) is 28.8 Å². The van der Waals surface area contributed by atoms with E-state index in [4.69, 9.17) is 0 Å². The van der Waals surface area contributed by atoms with Crippen LogP contribution < -0.4 is 10.6 Å². The monoisotopic (exact) mass is 560 g/mol. The summed E-state index contributed by atoms with van der Waals surface area (Å²) in [7, 11) is 0. The number of fused-ring (bicyclic) bond motifs is 2. The normalized spacial score (nSPS) is 17.3. The van der Waals surface area contributed by atoms with Gasteiger partial charge >= 0.3 is 0 Å². The Morgan fingerprint density at radius 1 is 0.488 bits per heavy atom.